The first kappa shape index (κ1) is 13.0. The minimum absolute atomic E-state index is 0.0681. The van der Waals surface area contributed by atoms with Crippen LogP contribution in [0.1, 0.15) is 24.3 Å². The number of halogens is 3. The van der Waals surface area contributed by atoms with Crippen molar-refractivity contribution >= 4 is 40.7 Å². The fourth-order valence-electron chi connectivity index (χ4n) is 2.10. The largest absolute Gasteiger partial charge is 0.349 e. The Morgan fingerprint density at radius 2 is 1.82 bits per heavy atom. The molecule has 17 heavy (non-hydrogen) atoms. The summed E-state index contributed by atoms with van der Waals surface area (Å²) >= 11 is 17.5. The molecular formula is C12H12Cl3NO. The molecule has 0 unspecified atom stereocenters. The highest BCUT2D eigenvalue weighted by atomic mass is 35.6. The van der Waals surface area contributed by atoms with Gasteiger partial charge in [0.05, 0.1) is 6.04 Å². The lowest BCUT2D eigenvalue weighted by molar-refractivity contribution is -0.123. The van der Waals surface area contributed by atoms with Crippen LogP contribution in [0.15, 0.2) is 30.3 Å². The van der Waals surface area contributed by atoms with Gasteiger partial charge in [0.25, 0.3) is 0 Å². The van der Waals surface area contributed by atoms with E-state index < -0.39 is 9.83 Å². The van der Waals surface area contributed by atoms with Crippen molar-refractivity contribution in [3.05, 3.63) is 35.9 Å². The smallest absolute Gasteiger partial charge is 0.220 e. The number of carbonyl (C=O) groups is 1. The number of alkyl halides is 3. The highest BCUT2D eigenvalue weighted by molar-refractivity contribution is 6.68. The van der Waals surface area contributed by atoms with E-state index in [1.165, 1.54) is 0 Å². The zero-order valence-corrected chi connectivity index (χ0v) is 11.3. The summed E-state index contributed by atoms with van der Waals surface area (Å²) < 4.78 is -1.46. The maximum atomic E-state index is 11.6. The molecule has 0 saturated carbocycles. The Morgan fingerprint density at radius 1 is 1.18 bits per heavy atom. The first-order chi connectivity index (χ1) is 7.97. The van der Waals surface area contributed by atoms with Crippen LogP contribution in [-0.4, -0.2) is 15.7 Å². The fraction of sp³-hybridized carbons (Fsp3) is 0.417. The zero-order chi connectivity index (χ0) is 12.5. The van der Waals surface area contributed by atoms with Gasteiger partial charge in [-0.2, -0.15) is 0 Å². The normalized spacial score (nSPS) is 25.5. The van der Waals surface area contributed by atoms with Crippen molar-refractivity contribution in [3.8, 4) is 0 Å². The fourth-order valence-corrected chi connectivity index (χ4v) is 2.53. The third kappa shape index (κ3) is 3.27. The highest BCUT2D eigenvalue weighted by Gasteiger charge is 2.39. The van der Waals surface area contributed by atoms with Crippen molar-refractivity contribution in [3.63, 3.8) is 0 Å². The maximum absolute atomic E-state index is 11.6. The Balaban J connectivity index is 2.17. The van der Waals surface area contributed by atoms with Gasteiger partial charge in [-0.1, -0.05) is 65.1 Å². The van der Waals surface area contributed by atoms with E-state index in [4.69, 9.17) is 34.8 Å². The summed E-state index contributed by atoms with van der Waals surface area (Å²) in [5.74, 6) is 0.0482. The lowest BCUT2D eigenvalue weighted by Crippen LogP contribution is -2.48. The van der Waals surface area contributed by atoms with Crippen molar-refractivity contribution in [1.82, 2.24) is 5.32 Å². The van der Waals surface area contributed by atoms with E-state index in [0.29, 0.717) is 12.8 Å². The predicted octanol–water partition coefficient (Wildman–Crippen LogP) is 3.42. The molecule has 1 fully saturated rings. The summed E-state index contributed by atoms with van der Waals surface area (Å²) in [6.07, 6.45) is 1.09. The Bertz CT molecular complexity index is 402. The van der Waals surface area contributed by atoms with Gasteiger partial charge in [-0.3, -0.25) is 4.79 Å². The molecule has 0 radical (unpaired) electrons. The molecule has 1 aromatic rings. The van der Waals surface area contributed by atoms with E-state index in [-0.39, 0.29) is 11.8 Å². The van der Waals surface area contributed by atoms with Gasteiger partial charge in [-0.25, -0.2) is 0 Å². The number of rotatable bonds is 1. The Hall–Kier alpha value is -0.440. The first-order valence-corrected chi connectivity index (χ1v) is 6.51. The van der Waals surface area contributed by atoms with Gasteiger partial charge in [0.2, 0.25) is 9.70 Å². The molecule has 1 aliphatic rings. The van der Waals surface area contributed by atoms with E-state index in [0.717, 1.165) is 5.56 Å². The Labute approximate surface area is 115 Å². The summed E-state index contributed by atoms with van der Waals surface area (Å²) in [7, 11) is 0. The monoisotopic (exact) mass is 291 g/mol. The average molecular weight is 293 g/mol. The van der Waals surface area contributed by atoms with Crippen LogP contribution in [0, 0.1) is 0 Å². The zero-order valence-electron chi connectivity index (χ0n) is 9.00. The van der Waals surface area contributed by atoms with E-state index in [1.54, 1.807) is 0 Å². The van der Waals surface area contributed by atoms with Crippen LogP contribution in [0.25, 0.3) is 0 Å². The van der Waals surface area contributed by atoms with E-state index in [9.17, 15) is 4.79 Å². The highest BCUT2D eigenvalue weighted by Crippen LogP contribution is 2.38. The number of hydrogen-bond donors (Lipinski definition) is 1. The standard InChI is InChI=1S/C12H12Cl3NO/c13-12(14,15)10-6-9(7-11(17)16-10)8-4-2-1-3-5-8/h1-5,9-10H,6-7H2,(H,16,17)/t9-,10-/m0/s1. The van der Waals surface area contributed by atoms with Crippen LogP contribution in [0.5, 0.6) is 0 Å². The molecule has 2 nitrogen and oxygen atoms in total. The number of amides is 1. The molecule has 0 aromatic heterocycles. The predicted molar refractivity (Wildman–Crippen MR) is 70.6 cm³/mol. The van der Waals surface area contributed by atoms with Gasteiger partial charge >= 0.3 is 0 Å². The number of nitrogens with one attached hydrogen (secondary N) is 1. The molecular weight excluding hydrogens is 280 g/mol. The molecule has 1 amide bonds. The molecule has 5 heteroatoms. The van der Waals surface area contributed by atoms with Crippen molar-refractivity contribution in [2.24, 2.45) is 0 Å². The molecule has 0 bridgehead atoms. The second-order valence-corrected chi connectivity index (χ2v) is 6.58. The van der Waals surface area contributed by atoms with Gasteiger partial charge in [0.15, 0.2) is 0 Å². The quantitative estimate of drug-likeness (QED) is 0.790. The van der Waals surface area contributed by atoms with E-state index >= 15 is 0 Å². The average Bonchev–Trinajstić information content (AvgIpc) is 2.28. The second-order valence-electron chi connectivity index (χ2n) is 4.21. The van der Waals surface area contributed by atoms with Crippen LogP contribution in [-0.2, 0) is 4.79 Å². The molecule has 0 aliphatic carbocycles. The molecule has 1 aromatic carbocycles. The van der Waals surface area contributed by atoms with Gasteiger partial charge in [0, 0.05) is 6.42 Å². The Morgan fingerprint density at radius 3 is 2.41 bits per heavy atom. The maximum Gasteiger partial charge on any atom is 0.220 e. The molecule has 1 saturated heterocycles. The van der Waals surface area contributed by atoms with E-state index in [2.05, 4.69) is 5.32 Å². The van der Waals surface area contributed by atoms with Gasteiger partial charge < -0.3 is 5.32 Å². The first-order valence-electron chi connectivity index (χ1n) is 5.38. The van der Waals surface area contributed by atoms with E-state index in [1.807, 2.05) is 30.3 Å². The van der Waals surface area contributed by atoms with Crippen LogP contribution in [0.4, 0.5) is 0 Å². The third-order valence-corrected chi connectivity index (χ3v) is 3.74. The minimum atomic E-state index is -1.46. The number of piperidine rings is 1. The van der Waals surface area contributed by atoms with Gasteiger partial charge in [-0.15, -0.1) is 0 Å². The molecule has 92 valence electrons. The van der Waals surface area contributed by atoms with Crippen molar-refractivity contribution in [1.29, 1.82) is 0 Å². The third-order valence-electron chi connectivity index (χ3n) is 2.95. The van der Waals surface area contributed by atoms with Gasteiger partial charge in [-0.05, 0) is 17.9 Å². The number of benzene rings is 1. The van der Waals surface area contributed by atoms with Crippen molar-refractivity contribution < 1.29 is 4.79 Å². The summed E-state index contributed by atoms with van der Waals surface area (Å²) in [5.41, 5.74) is 1.11. The molecule has 2 rings (SSSR count). The topological polar surface area (TPSA) is 29.1 Å². The summed E-state index contributed by atoms with van der Waals surface area (Å²) in [6.45, 7) is 0. The SMILES string of the molecule is O=C1C[C@@H](c2ccccc2)C[C@@H](C(Cl)(Cl)Cl)N1. The second kappa shape index (κ2) is 5.05. The number of carbonyl (C=O) groups excluding carboxylic acids is 1. The molecule has 1 N–H and O–H groups in total. The lowest BCUT2D eigenvalue weighted by atomic mass is 9.86. The van der Waals surface area contributed by atoms with Crippen LogP contribution in [0.3, 0.4) is 0 Å². The van der Waals surface area contributed by atoms with Crippen LogP contribution in [0.2, 0.25) is 0 Å². The Kier molecular flexibility index (Phi) is 3.86. The molecule has 2 atom stereocenters. The van der Waals surface area contributed by atoms with Crippen molar-refractivity contribution in [2.45, 2.75) is 28.6 Å². The summed E-state index contributed by atoms with van der Waals surface area (Å²) in [5, 5.41) is 2.72. The van der Waals surface area contributed by atoms with Crippen molar-refractivity contribution in [2.75, 3.05) is 0 Å². The minimum Gasteiger partial charge on any atom is -0.349 e. The number of hydrogen-bond acceptors (Lipinski definition) is 1. The summed E-state index contributed by atoms with van der Waals surface area (Å²) in [4.78, 5) is 11.6. The molecule has 0 spiro atoms. The molecule has 1 heterocycles. The summed E-state index contributed by atoms with van der Waals surface area (Å²) in [6, 6.07) is 9.41. The van der Waals surface area contributed by atoms with Crippen LogP contribution < -0.4 is 5.32 Å². The lowest BCUT2D eigenvalue weighted by Gasteiger charge is -2.34. The van der Waals surface area contributed by atoms with Gasteiger partial charge in [0.1, 0.15) is 0 Å². The van der Waals surface area contributed by atoms with Crippen LogP contribution >= 0.6 is 34.8 Å². The molecule has 1 aliphatic heterocycles.